The largest absolute Gasteiger partial charge is 0.354 e. The van der Waals surface area contributed by atoms with E-state index in [2.05, 4.69) is 14.9 Å². The van der Waals surface area contributed by atoms with Crippen molar-refractivity contribution in [3.05, 3.63) is 61.1 Å². The monoisotopic (exact) mass is 279 g/mol. The number of aryl methyl sites for hydroxylation is 1. The van der Waals surface area contributed by atoms with Gasteiger partial charge in [-0.3, -0.25) is 9.78 Å². The Kier molecular flexibility index (Phi) is 3.96. The molecule has 106 valence electrons. The van der Waals surface area contributed by atoms with Gasteiger partial charge in [0.1, 0.15) is 0 Å². The lowest BCUT2D eigenvalue weighted by atomic mass is 10.2. The average molecular weight is 279 g/mol. The first-order chi connectivity index (χ1) is 10.3. The minimum atomic E-state index is 0.0467. The summed E-state index contributed by atoms with van der Waals surface area (Å²) in [6, 6.07) is 13.6. The Morgan fingerprint density at radius 2 is 2.00 bits per heavy atom. The number of carbonyl (C=O) groups excluding carboxylic acids is 1. The lowest BCUT2D eigenvalue weighted by Crippen LogP contribution is -2.12. The van der Waals surface area contributed by atoms with Crippen LogP contribution in [0.25, 0.3) is 10.9 Å². The van der Waals surface area contributed by atoms with Gasteiger partial charge in [0.15, 0.2) is 0 Å². The zero-order chi connectivity index (χ0) is 14.5. The molecular weight excluding hydrogens is 262 g/mol. The van der Waals surface area contributed by atoms with Gasteiger partial charge in [0.05, 0.1) is 5.52 Å². The molecular formula is C17H17N3O. The average Bonchev–Trinajstić information content (AvgIpc) is 3.00. The summed E-state index contributed by atoms with van der Waals surface area (Å²) in [5.41, 5.74) is 1.75. The van der Waals surface area contributed by atoms with Gasteiger partial charge in [-0.15, -0.1) is 0 Å². The molecule has 21 heavy (non-hydrogen) atoms. The number of aromatic nitrogens is 2. The van der Waals surface area contributed by atoms with Gasteiger partial charge in [0, 0.05) is 42.6 Å². The Hall–Kier alpha value is -2.62. The van der Waals surface area contributed by atoms with E-state index in [0.29, 0.717) is 6.42 Å². The molecule has 0 spiro atoms. The number of fused-ring (bicyclic) bond motifs is 1. The molecule has 0 aliphatic rings. The fourth-order valence-electron chi connectivity index (χ4n) is 2.32. The normalized spacial score (nSPS) is 10.7. The molecule has 0 atom stereocenters. The molecule has 1 N–H and O–H groups in total. The number of hydrogen-bond donors (Lipinski definition) is 1. The van der Waals surface area contributed by atoms with Gasteiger partial charge in [-0.25, -0.2) is 0 Å². The molecule has 4 heteroatoms. The molecule has 3 rings (SSSR count). The topological polar surface area (TPSA) is 46.9 Å². The van der Waals surface area contributed by atoms with Gasteiger partial charge in [-0.2, -0.15) is 0 Å². The van der Waals surface area contributed by atoms with Crippen LogP contribution in [0.4, 0.5) is 5.69 Å². The van der Waals surface area contributed by atoms with Crippen LogP contribution in [0.3, 0.4) is 0 Å². The second-order valence-electron chi connectivity index (χ2n) is 4.98. The minimum Gasteiger partial charge on any atom is -0.354 e. The van der Waals surface area contributed by atoms with Crippen molar-refractivity contribution in [2.24, 2.45) is 0 Å². The zero-order valence-corrected chi connectivity index (χ0v) is 11.7. The smallest absolute Gasteiger partial charge is 0.224 e. The quantitative estimate of drug-likeness (QED) is 0.777. The number of hydrogen-bond acceptors (Lipinski definition) is 2. The first-order valence-corrected chi connectivity index (χ1v) is 7.07. The molecule has 0 radical (unpaired) electrons. The summed E-state index contributed by atoms with van der Waals surface area (Å²) in [5.74, 6) is 0.0467. The number of rotatable bonds is 5. The molecule has 3 aromatic rings. The van der Waals surface area contributed by atoms with Crippen molar-refractivity contribution in [3.63, 3.8) is 0 Å². The Morgan fingerprint density at radius 3 is 2.86 bits per heavy atom. The van der Waals surface area contributed by atoms with Crippen molar-refractivity contribution >= 4 is 22.5 Å². The van der Waals surface area contributed by atoms with E-state index < -0.39 is 0 Å². The Bertz CT molecular complexity index is 735. The molecule has 2 heterocycles. The molecule has 0 aliphatic carbocycles. The number of nitrogens with zero attached hydrogens (tertiary/aromatic N) is 2. The number of amides is 1. The summed E-state index contributed by atoms with van der Waals surface area (Å²) in [5, 5.41) is 3.97. The maximum atomic E-state index is 11.9. The van der Waals surface area contributed by atoms with E-state index in [1.165, 1.54) is 0 Å². The Labute approximate surface area is 123 Å². The molecule has 0 unspecified atom stereocenters. The molecule has 4 nitrogen and oxygen atoms in total. The van der Waals surface area contributed by atoms with Crippen molar-refractivity contribution in [2.45, 2.75) is 19.4 Å². The molecule has 0 fully saturated rings. The van der Waals surface area contributed by atoms with Gasteiger partial charge in [-0.1, -0.05) is 6.07 Å². The van der Waals surface area contributed by atoms with Crippen LogP contribution >= 0.6 is 0 Å². The summed E-state index contributed by atoms with van der Waals surface area (Å²) < 4.78 is 2.08. The fraction of sp³-hybridized carbons (Fsp3) is 0.176. The van der Waals surface area contributed by atoms with E-state index in [4.69, 9.17) is 0 Å². The number of pyridine rings is 1. The van der Waals surface area contributed by atoms with E-state index in [-0.39, 0.29) is 5.91 Å². The highest BCUT2D eigenvalue weighted by Gasteiger charge is 2.03. The zero-order valence-electron chi connectivity index (χ0n) is 11.7. The van der Waals surface area contributed by atoms with E-state index in [1.54, 1.807) is 6.20 Å². The maximum Gasteiger partial charge on any atom is 0.224 e. The first-order valence-electron chi connectivity index (χ1n) is 7.07. The molecule has 0 bridgehead atoms. The van der Waals surface area contributed by atoms with Crippen molar-refractivity contribution in [2.75, 3.05) is 5.32 Å². The van der Waals surface area contributed by atoms with Gasteiger partial charge in [0.2, 0.25) is 5.91 Å². The van der Waals surface area contributed by atoms with E-state index in [9.17, 15) is 4.79 Å². The molecule has 0 aliphatic heterocycles. The lowest BCUT2D eigenvalue weighted by Gasteiger charge is -2.07. The van der Waals surface area contributed by atoms with Crippen molar-refractivity contribution in [1.82, 2.24) is 9.55 Å². The van der Waals surface area contributed by atoms with Crippen LogP contribution in [-0.2, 0) is 11.3 Å². The third-order valence-corrected chi connectivity index (χ3v) is 3.37. The van der Waals surface area contributed by atoms with Crippen LogP contribution in [0.15, 0.2) is 61.1 Å². The summed E-state index contributed by atoms with van der Waals surface area (Å²) in [6.07, 6.45) is 7.13. The molecule has 1 aromatic carbocycles. The van der Waals surface area contributed by atoms with Crippen LogP contribution in [-0.4, -0.2) is 15.5 Å². The highest BCUT2D eigenvalue weighted by molar-refractivity contribution is 5.93. The molecule has 0 saturated heterocycles. The highest BCUT2D eigenvalue weighted by atomic mass is 16.1. The van der Waals surface area contributed by atoms with Crippen LogP contribution in [0.5, 0.6) is 0 Å². The summed E-state index contributed by atoms with van der Waals surface area (Å²) >= 11 is 0. The van der Waals surface area contributed by atoms with Gasteiger partial charge >= 0.3 is 0 Å². The number of benzene rings is 1. The summed E-state index contributed by atoms with van der Waals surface area (Å²) in [6.45, 7) is 0.863. The number of carbonyl (C=O) groups is 1. The van der Waals surface area contributed by atoms with Gasteiger partial charge < -0.3 is 9.88 Å². The van der Waals surface area contributed by atoms with Crippen molar-refractivity contribution in [3.8, 4) is 0 Å². The SMILES string of the molecule is O=C(CCCn1cccc1)Nc1ccc2ncccc2c1. The Morgan fingerprint density at radius 1 is 1.14 bits per heavy atom. The van der Waals surface area contributed by atoms with E-state index >= 15 is 0 Å². The van der Waals surface area contributed by atoms with E-state index in [0.717, 1.165) is 29.6 Å². The Balaban J connectivity index is 1.55. The van der Waals surface area contributed by atoms with Gasteiger partial charge in [0.25, 0.3) is 0 Å². The lowest BCUT2D eigenvalue weighted by molar-refractivity contribution is -0.116. The molecule has 2 aromatic heterocycles. The maximum absolute atomic E-state index is 11.9. The minimum absolute atomic E-state index is 0.0467. The van der Waals surface area contributed by atoms with Crippen molar-refractivity contribution in [1.29, 1.82) is 0 Å². The number of nitrogens with one attached hydrogen (secondary N) is 1. The summed E-state index contributed by atoms with van der Waals surface area (Å²) in [4.78, 5) is 16.2. The second-order valence-corrected chi connectivity index (χ2v) is 4.98. The van der Waals surface area contributed by atoms with Gasteiger partial charge in [-0.05, 0) is 42.8 Å². The predicted octanol–water partition coefficient (Wildman–Crippen LogP) is 3.46. The van der Waals surface area contributed by atoms with Crippen LogP contribution in [0.2, 0.25) is 0 Å². The summed E-state index contributed by atoms with van der Waals surface area (Å²) in [7, 11) is 0. The van der Waals surface area contributed by atoms with Crippen molar-refractivity contribution < 1.29 is 4.79 Å². The number of anilines is 1. The first kappa shape index (κ1) is 13.4. The van der Waals surface area contributed by atoms with Crippen LogP contribution in [0.1, 0.15) is 12.8 Å². The second kappa shape index (κ2) is 6.22. The standard InChI is InChI=1S/C17H17N3O/c21-17(6-4-12-20-10-1-2-11-20)19-15-7-8-16-14(13-15)5-3-9-18-16/h1-3,5,7-11,13H,4,6,12H2,(H,19,21). The molecule has 0 saturated carbocycles. The highest BCUT2D eigenvalue weighted by Crippen LogP contribution is 2.17. The third-order valence-electron chi connectivity index (χ3n) is 3.37. The van der Waals surface area contributed by atoms with Crippen LogP contribution in [0, 0.1) is 0 Å². The third kappa shape index (κ3) is 3.48. The van der Waals surface area contributed by atoms with E-state index in [1.807, 2.05) is 54.9 Å². The van der Waals surface area contributed by atoms with Crippen LogP contribution < -0.4 is 5.32 Å². The predicted molar refractivity (Wildman–Crippen MR) is 84.0 cm³/mol. The molecule has 1 amide bonds. The fourth-order valence-corrected chi connectivity index (χ4v) is 2.32.